The van der Waals surface area contributed by atoms with Crippen molar-refractivity contribution in [2.24, 2.45) is 0 Å². The van der Waals surface area contributed by atoms with Crippen molar-refractivity contribution in [1.82, 2.24) is 0 Å². The van der Waals surface area contributed by atoms with Crippen LogP contribution in [-0.4, -0.2) is 37.2 Å². The van der Waals surface area contributed by atoms with Crippen molar-refractivity contribution in [1.29, 1.82) is 0 Å². The molecule has 0 radical (unpaired) electrons. The lowest BCUT2D eigenvalue weighted by Gasteiger charge is -2.18. The van der Waals surface area contributed by atoms with E-state index in [-0.39, 0.29) is 37.5 Å². The Labute approximate surface area is 450 Å². The van der Waals surface area contributed by atoms with Gasteiger partial charge in [0.15, 0.2) is 6.10 Å². The van der Waals surface area contributed by atoms with Crippen LogP contribution in [0.25, 0.3) is 0 Å². The third-order valence-electron chi connectivity index (χ3n) is 12.7. The molecule has 73 heavy (non-hydrogen) atoms. The number of carbonyl (C=O) groups excluding carboxylic acids is 3. The number of esters is 3. The first-order valence-electron chi connectivity index (χ1n) is 30.4. The topological polar surface area (TPSA) is 78.9 Å². The monoisotopic (exact) mass is 1010 g/mol. The maximum absolute atomic E-state index is 12.9. The second-order valence-electron chi connectivity index (χ2n) is 19.9. The minimum Gasteiger partial charge on any atom is -0.462 e. The van der Waals surface area contributed by atoms with Gasteiger partial charge < -0.3 is 14.2 Å². The third-order valence-corrected chi connectivity index (χ3v) is 12.7. The van der Waals surface area contributed by atoms with Crippen LogP contribution < -0.4 is 0 Å². The Bertz CT molecular complexity index is 1490. The number of rotatable bonds is 54. The third kappa shape index (κ3) is 58.8. The Morgan fingerprint density at radius 2 is 0.548 bits per heavy atom. The van der Waals surface area contributed by atoms with Crippen molar-refractivity contribution in [3.05, 3.63) is 109 Å². The summed E-state index contributed by atoms with van der Waals surface area (Å²) in [7, 11) is 0. The fraction of sp³-hybridized carbons (Fsp3) is 0.687. The lowest BCUT2D eigenvalue weighted by molar-refractivity contribution is -0.167. The van der Waals surface area contributed by atoms with E-state index < -0.39 is 6.10 Å². The molecule has 0 amide bonds. The number of hydrogen-bond donors (Lipinski definition) is 0. The Morgan fingerprint density at radius 3 is 0.918 bits per heavy atom. The summed E-state index contributed by atoms with van der Waals surface area (Å²) in [6.07, 6.45) is 82.3. The van der Waals surface area contributed by atoms with E-state index in [0.29, 0.717) is 19.3 Å². The molecule has 0 aromatic heterocycles. The van der Waals surface area contributed by atoms with Gasteiger partial charge in [0.25, 0.3) is 0 Å². The van der Waals surface area contributed by atoms with Crippen molar-refractivity contribution in [2.75, 3.05) is 13.2 Å². The number of ether oxygens (including phenoxy) is 3. The molecule has 6 nitrogen and oxygen atoms in total. The molecule has 0 aromatic rings. The molecule has 6 heteroatoms. The van der Waals surface area contributed by atoms with E-state index in [1.54, 1.807) is 0 Å². The van der Waals surface area contributed by atoms with Crippen LogP contribution in [0.2, 0.25) is 0 Å². The quantitative estimate of drug-likeness (QED) is 0.0261. The fourth-order valence-corrected chi connectivity index (χ4v) is 8.19. The number of hydrogen-bond acceptors (Lipinski definition) is 6. The molecule has 1 atom stereocenters. The van der Waals surface area contributed by atoms with Gasteiger partial charge >= 0.3 is 17.9 Å². The normalized spacial score (nSPS) is 12.9. The Kier molecular flexibility index (Phi) is 57.4. The van der Waals surface area contributed by atoms with Crippen molar-refractivity contribution in [3.63, 3.8) is 0 Å². The van der Waals surface area contributed by atoms with Gasteiger partial charge in [-0.05, 0) is 122 Å². The van der Waals surface area contributed by atoms with E-state index in [9.17, 15) is 14.4 Å². The standard InChI is InChI=1S/C67H112O6/c1-4-7-10-13-16-19-22-25-28-31-33-36-39-42-45-48-51-54-57-60-66(69)72-63-64(62-71-65(68)59-56-53-50-47-44-41-38-35-30-27-24-21-18-15-12-9-6-3)73-67(70)61-58-55-52-49-46-43-40-37-34-32-29-26-23-20-17-14-11-8-5-2/h7,10,16,19,25-30,33,36,38,41-42,45,47,50,64H,4-6,8-9,11-15,17-18,20-24,31-32,34-35,37,39-40,43-44,46,48-49,51-63H2,1-3H3/b10-7-,19-16-,28-25-,29-26-,30-27-,36-33-,41-38-,45-42-,50-47-/t64-/m0/s1. The van der Waals surface area contributed by atoms with E-state index >= 15 is 0 Å². The van der Waals surface area contributed by atoms with Crippen LogP contribution in [0, 0.1) is 0 Å². The second kappa shape index (κ2) is 60.6. The molecule has 0 bridgehead atoms. The molecule has 0 rings (SSSR count). The minimum absolute atomic E-state index is 0.113. The van der Waals surface area contributed by atoms with Crippen molar-refractivity contribution in [3.8, 4) is 0 Å². The molecule has 0 aromatic carbocycles. The lowest BCUT2D eigenvalue weighted by Crippen LogP contribution is -2.30. The smallest absolute Gasteiger partial charge is 0.306 e. The zero-order chi connectivity index (χ0) is 52.9. The van der Waals surface area contributed by atoms with E-state index in [1.807, 2.05) is 0 Å². The summed E-state index contributed by atoms with van der Waals surface area (Å²) in [5.74, 6) is -0.993. The highest BCUT2D eigenvalue weighted by molar-refractivity contribution is 5.71. The first-order valence-corrected chi connectivity index (χ1v) is 30.4. The second-order valence-corrected chi connectivity index (χ2v) is 19.9. The SMILES string of the molecule is CC/C=C\C/C=C\C/C=C\C/C=C\C/C=C\CCCCCC(=O)OC[C@H](COC(=O)CCC/C=C\C/C=C\C/C=C\CCCCCCCC)OC(=O)CCCCCCCCCCC/C=C\CCCCCCCC. The molecule has 0 saturated carbocycles. The predicted octanol–water partition coefficient (Wildman–Crippen LogP) is 20.7. The molecule has 0 N–H and O–H groups in total. The summed E-state index contributed by atoms with van der Waals surface area (Å²) in [4.78, 5) is 38.2. The minimum atomic E-state index is -0.816. The largest absolute Gasteiger partial charge is 0.462 e. The molecule has 0 fully saturated rings. The summed E-state index contributed by atoms with van der Waals surface area (Å²) in [5, 5.41) is 0. The van der Waals surface area contributed by atoms with Gasteiger partial charge in [0.05, 0.1) is 0 Å². The molecule has 0 unspecified atom stereocenters. The van der Waals surface area contributed by atoms with Gasteiger partial charge in [-0.25, -0.2) is 0 Å². The zero-order valence-corrected chi connectivity index (χ0v) is 47.6. The van der Waals surface area contributed by atoms with Gasteiger partial charge in [-0.15, -0.1) is 0 Å². The predicted molar refractivity (Wildman–Crippen MR) is 316 cm³/mol. The summed E-state index contributed by atoms with van der Waals surface area (Å²) in [5.41, 5.74) is 0. The molecule has 0 aliphatic heterocycles. The molecule has 0 heterocycles. The van der Waals surface area contributed by atoms with E-state index in [0.717, 1.165) is 96.3 Å². The van der Waals surface area contributed by atoms with Crippen LogP contribution in [-0.2, 0) is 28.6 Å². The van der Waals surface area contributed by atoms with Gasteiger partial charge in [0, 0.05) is 19.3 Å². The molecular weight excluding hydrogens is 901 g/mol. The van der Waals surface area contributed by atoms with E-state index in [4.69, 9.17) is 14.2 Å². The van der Waals surface area contributed by atoms with Crippen LogP contribution in [0.15, 0.2) is 109 Å². The van der Waals surface area contributed by atoms with Crippen molar-refractivity contribution in [2.45, 2.75) is 284 Å². The van der Waals surface area contributed by atoms with Crippen LogP contribution in [0.4, 0.5) is 0 Å². The Hall–Kier alpha value is -3.93. The average Bonchev–Trinajstić information content (AvgIpc) is 3.39. The summed E-state index contributed by atoms with van der Waals surface area (Å²) in [6.45, 7) is 6.45. The molecule has 0 spiro atoms. The van der Waals surface area contributed by atoms with Crippen LogP contribution in [0.5, 0.6) is 0 Å². The van der Waals surface area contributed by atoms with Crippen LogP contribution in [0.1, 0.15) is 278 Å². The lowest BCUT2D eigenvalue weighted by atomic mass is 10.1. The highest BCUT2D eigenvalue weighted by Gasteiger charge is 2.19. The maximum Gasteiger partial charge on any atom is 0.306 e. The Balaban J connectivity index is 4.52. The molecule has 0 aliphatic rings. The fourth-order valence-electron chi connectivity index (χ4n) is 8.19. The van der Waals surface area contributed by atoms with E-state index in [2.05, 4.69) is 130 Å². The molecule has 0 saturated heterocycles. The number of unbranched alkanes of at least 4 members (excludes halogenated alkanes) is 25. The summed E-state index contributed by atoms with van der Waals surface area (Å²) in [6, 6.07) is 0. The van der Waals surface area contributed by atoms with Gasteiger partial charge in [0.1, 0.15) is 13.2 Å². The van der Waals surface area contributed by atoms with Crippen LogP contribution >= 0.6 is 0 Å². The van der Waals surface area contributed by atoms with Gasteiger partial charge in [-0.3, -0.25) is 14.4 Å². The van der Waals surface area contributed by atoms with Gasteiger partial charge in [0.2, 0.25) is 0 Å². The molecule has 416 valence electrons. The molecular formula is C67H112O6. The van der Waals surface area contributed by atoms with Gasteiger partial charge in [-0.2, -0.15) is 0 Å². The highest BCUT2D eigenvalue weighted by atomic mass is 16.6. The van der Waals surface area contributed by atoms with Gasteiger partial charge in [-0.1, -0.05) is 246 Å². The number of allylic oxidation sites excluding steroid dienone is 18. The first kappa shape index (κ1) is 69.1. The summed E-state index contributed by atoms with van der Waals surface area (Å²) < 4.78 is 16.8. The maximum atomic E-state index is 12.9. The molecule has 0 aliphatic carbocycles. The first-order chi connectivity index (χ1) is 36.0. The number of carbonyl (C=O) groups is 3. The van der Waals surface area contributed by atoms with E-state index in [1.165, 1.54) is 135 Å². The van der Waals surface area contributed by atoms with Crippen LogP contribution in [0.3, 0.4) is 0 Å². The average molecular weight is 1010 g/mol. The van der Waals surface area contributed by atoms with Crippen molar-refractivity contribution >= 4 is 17.9 Å². The summed E-state index contributed by atoms with van der Waals surface area (Å²) >= 11 is 0. The zero-order valence-electron chi connectivity index (χ0n) is 47.6. The highest BCUT2D eigenvalue weighted by Crippen LogP contribution is 2.15. The van der Waals surface area contributed by atoms with Crippen molar-refractivity contribution < 1.29 is 28.6 Å². The Morgan fingerprint density at radius 1 is 0.288 bits per heavy atom.